The highest BCUT2D eigenvalue weighted by atomic mass is 16.2. The Kier molecular flexibility index (Phi) is 5.44. The summed E-state index contributed by atoms with van der Waals surface area (Å²) in [4.78, 5) is 24.8. The molecule has 3 rings (SSSR count). The Morgan fingerprint density at radius 3 is 2.46 bits per heavy atom. The monoisotopic (exact) mass is 379 g/mol. The van der Waals surface area contributed by atoms with Gasteiger partial charge in [0.05, 0.1) is 6.54 Å². The van der Waals surface area contributed by atoms with Gasteiger partial charge in [-0.3, -0.25) is 14.0 Å². The van der Waals surface area contributed by atoms with Crippen molar-refractivity contribution in [2.75, 3.05) is 0 Å². The topological polar surface area (TPSA) is 88.4 Å². The van der Waals surface area contributed by atoms with Crippen LogP contribution in [0, 0.1) is 0 Å². The molecule has 0 spiro atoms. The number of nitrogens with one attached hydrogen (secondary N) is 2. The van der Waals surface area contributed by atoms with Crippen LogP contribution in [0.5, 0.6) is 0 Å². The van der Waals surface area contributed by atoms with Gasteiger partial charge in [0.25, 0.3) is 5.91 Å². The first-order valence-electron chi connectivity index (χ1n) is 9.23. The van der Waals surface area contributed by atoms with E-state index in [2.05, 4.69) is 41.6 Å². The first kappa shape index (κ1) is 19.5. The number of benzene rings is 1. The van der Waals surface area contributed by atoms with E-state index in [-0.39, 0.29) is 23.8 Å². The first-order chi connectivity index (χ1) is 13.3. The molecule has 2 aromatic heterocycles. The van der Waals surface area contributed by atoms with Gasteiger partial charge in [0, 0.05) is 11.8 Å². The summed E-state index contributed by atoms with van der Waals surface area (Å²) in [6.45, 7) is 8.23. The summed E-state index contributed by atoms with van der Waals surface area (Å²) < 4.78 is 1.81. The largest absolute Gasteiger partial charge is 0.347 e. The predicted molar refractivity (Wildman–Crippen MR) is 107 cm³/mol. The van der Waals surface area contributed by atoms with Crippen molar-refractivity contribution in [1.82, 2.24) is 25.2 Å². The van der Waals surface area contributed by atoms with Crippen LogP contribution in [-0.2, 0) is 16.8 Å². The Labute approximate surface area is 164 Å². The van der Waals surface area contributed by atoms with Crippen LogP contribution in [0.4, 0.5) is 0 Å². The minimum absolute atomic E-state index is 0.0219. The molecular formula is C21H25N5O2. The van der Waals surface area contributed by atoms with E-state index < -0.39 is 6.04 Å². The van der Waals surface area contributed by atoms with Crippen molar-refractivity contribution in [1.29, 1.82) is 0 Å². The zero-order valence-corrected chi connectivity index (χ0v) is 16.6. The highest BCUT2D eigenvalue weighted by Crippen LogP contribution is 2.22. The number of carbonyl (C=O) groups is 2. The van der Waals surface area contributed by atoms with Gasteiger partial charge in [-0.25, -0.2) is 0 Å². The van der Waals surface area contributed by atoms with Gasteiger partial charge in [-0.1, -0.05) is 39.0 Å². The van der Waals surface area contributed by atoms with E-state index in [0.717, 1.165) is 5.56 Å². The zero-order chi connectivity index (χ0) is 20.3. The van der Waals surface area contributed by atoms with E-state index in [4.69, 9.17) is 0 Å². The molecule has 0 aliphatic heterocycles. The van der Waals surface area contributed by atoms with Gasteiger partial charge in [0.2, 0.25) is 5.91 Å². The zero-order valence-electron chi connectivity index (χ0n) is 16.6. The molecule has 0 aliphatic carbocycles. The minimum atomic E-state index is -0.672. The molecule has 1 atom stereocenters. The number of nitrogens with zero attached hydrogens (tertiary/aromatic N) is 3. The summed E-state index contributed by atoms with van der Waals surface area (Å²) >= 11 is 0. The quantitative estimate of drug-likeness (QED) is 0.713. The second kappa shape index (κ2) is 7.80. The molecule has 1 unspecified atom stereocenters. The Balaban J connectivity index is 1.57. The summed E-state index contributed by atoms with van der Waals surface area (Å²) in [5.74, 6) is 0.0589. The average Bonchev–Trinajstić information content (AvgIpc) is 3.08. The Hall–Kier alpha value is -3.22. The van der Waals surface area contributed by atoms with Crippen molar-refractivity contribution < 1.29 is 9.59 Å². The molecule has 28 heavy (non-hydrogen) atoms. The second-order valence-electron chi connectivity index (χ2n) is 7.79. The van der Waals surface area contributed by atoms with Crippen LogP contribution in [0.2, 0.25) is 0 Å². The fourth-order valence-corrected chi connectivity index (χ4v) is 2.80. The Bertz CT molecular complexity index is 986. The molecule has 3 aromatic rings. The third-order valence-electron chi connectivity index (χ3n) is 4.56. The molecule has 1 aromatic carbocycles. The molecule has 2 heterocycles. The van der Waals surface area contributed by atoms with Gasteiger partial charge in [0.1, 0.15) is 6.04 Å². The second-order valence-corrected chi connectivity index (χ2v) is 7.79. The number of hydrogen-bond donors (Lipinski definition) is 2. The fourth-order valence-electron chi connectivity index (χ4n) is 2.80. The SMILES string of the molecule is CC(NC(=O)c1ccc(C(C)(C)C)cc1)C(=O)NCc1nnc2ccccn12. The van der Waals surface area contributed by atoms with Gasteiger partial charge in [-0.2, -0.15) is 0 Å². The predicted octanol–water partition coefficient (Wildman–Crippen LogP) is 2.46. The average molecular weight is 379 g/mol. The Morgan fingerprint density at radius 1 is 1.07 bits per heavy atom. The van der Waals surface area contributed by atoms with Crippen LogP contribution in [0.1, 0.15) is 49.4 Å². The van der Waals surface area contributed by atoms with Gasteiger partial charge in [0.15, 0.2) is 11.5 Å². The number of hydrogen-bond acceptors (Lipinski definition) is 4. The molecule has 2 amide bonds. The third-order valence-corrected chi connectivity index (χ3v) is 4.56. The van der Waals surface area contributed by atoms with Crippen LogP contribution >= 0.6 is 0 Å². The lowest BCUT2D eigenvalue weighted by atomic mass is 9.86. The lowest BCUT2D eigenvalue weighted by Gasteiger charge is -2.19. The molecule has 7 nitrogen and oxygen atoms in total. The minimum Gasteiger partial charge on any atom is -0.347 e. The summed E-state index contributed by atoms with van der Waals surface area (Å²) in [5.41, 5.74) is 2.41. The lowest BCUT2D eigenvalue weighted by Crippen LogP contribution is -2.44. The maximum absolute atomic E-state index is 12.4. The molecule has 0 saturated carbocycles. The fraction of sp³-hybridized carbons (Fsp3) is 0.333. The van der Waals surface area contributed by atoms with Crippen LogP contribution < -0.4 is 10.6 Å². The van der Waals surface area contributed by atoms with E-state index >= 15 is 0 Å². The van der Waals surface area contributed by atoms with Gasteiger partial charge >= 0.3 is 0 Å². The number of pyridine rings is 1. The molecule has 2 N–H and O–H groups in total. The summed E-state index contributed by atoms with van der Waals surface area (Å²) in [6, 6.07) is 12.4. The summed E-state index contributed by atoms with van der Waals surface area (Å²) in [7, 11) is 0. The van der Waals surface area contributed by atoms with E-state index in [1.165, 1.54) is 0 Å². The Morgan fingerprint density at radius 2 is 1.79 bits per heavy atom. The van der Waals surface area contributed by atoms with Crippen molar-refractivity contribution >= 4 is 17.5 Å². The number of aromatic nitrogens is 3. The third kappa shape index (κ3) is 4.36. The maximum Gasteiger partial charge on any atom is 0.251 e. The number of amides is 2. The van der Waals surface area contributed by atoms with E-state index in [0.29, 0.717) is 17.0 Å². The molecule has 146 valence electrons. The van der Waals surface area contributed by atoms with Crippen LogP contribution in [0.15, 0.2) is 48.7 Å². The molecule has 0 aliphatic rings. The number of rotatable bonds is 5. The van der Waals surface area contributed by atoms with Crippen LogP contribution in [0.3, 0.4) is 0 Å². The van der Waals surface area contributed by atoms with Crippen molar-refractivity contribution in [2.45, 2.75) is 45.7 Å². The lowest BCUT2D eigenvalue weighted by molar-refractivity contribution is -0.122. The highest BCUT2D eigenvalue weighted by Gasteiger charge is 2.18. The number of carbonyl (C=O) groups excluding carboxylic acids is 2. The van der Waals surface area contributed by atoms with Gasteiger partial charge in [-0.05, 0) is 42.2 Å². The van der Waals surface area contributed by atoms with Crippen molar-refractivity contribution in [3.05, 3.63) is 65.6 Å². The summed E-state index contributed by atoms with van der Waals surface area (Å²) in [6.07, 6.45) is 1.84. The molecular weight excluding hydrogens is 354 g/mol. The van der Waals surface area contributed by atoms with Crippen molar-refractivity contribution in [3.63, 3.8) is 0 Å². The smallest absolute Gasteiger partial charge is 0.251 e. The maximum atomic E-state index is 12.4. The highest BCUT2D eigenvalue weighted by molar-refractivity contribution is 5.97. The summed E-state index contributed by atoms with van der Waals surface area (Å²) in [5, 5.41) is 13.6. The van der Waals surface area contributed by atoms with Crippen LogP contribution in [-0.4, -0.2) is 32.5 Å². The standard InChI is InChI=1S/C21H25N5O2/c1-14(23-20(28)15-8-10-16(11-9-15)21(2,3)4)19(27)22-13-18-25-24-17-7-5-6-12-26(17)18/h5-12,14H,13H2,1-4H3,(H,22,27)(H,23,28). The molecule has 0 radical (unpaired) electrons. The molecule has 0 bridgehead atoms. The van der Waals surface area contributed by atoms with Crippen molar-refractivity contribution in [3.8, 4) is 0 Å². The molecule has 7 heteroatoms. The van der Waals surface area contributed by atoms with E-state index in [1.54, 1.807) is 23.5 Å². The van der Waals surface area contributed by atoms with Gasteiger partial charge < -0.3 is 10.6 Å². The normalized spacial score (nSPS) is 12.6. The van der Waals surface area contributed by atoms with E-state index in [9.17, 15) is 9.59 Å². The first-order valence-corrected chi connectivity index (χ1v) is 9.23. The van der Waals surface area contributed by atoms with Crippen molar-refractivity contribution in [2.24, 2.45) is 0 Å². The van der Waals surface area contributed by atoms with E-state index in [1.807, 2.05) is 36.5 Å². The molecule has 0 fully saturated rings. The molecule has 0 saturated heterocycles. The number of fused-ring (bicyclic) bond motifs is 1. The van der Waals surface area contributed by atoms with Gasteiger partial charge in [-0.15, -0.1) is 10.2 Å². The van der Waals surface area contributed by atoms with Crippen LogP contribution in [0.25, 0.3) is 5.65 Å².